The molecule has 0 saturated carbocycles. The van der Waals surface area contributed by atoms with Crippen LogP contribution in [0.4, 0.5) is 20.2 Å². The van der Waals surface area contributed by atoms with E-state index >= 15 is 0 Å². The first-order valence-corrected chi connectivity index (χ1v) is 23.5. The van der Waals surface area contributed by atoms with E-state index in [4.69, 9.17) is 10.2 Å². The number of hydrogen-bond donors (Lipinski definition) is 1. The zero-order chi connectivity index (χ0) is 46.3. The zero-order valence-corrected chi connectivity index (χ0v) is 38.3. The number of Topliss-reactive ketones (excluding diaryl/α,β-unsaturated/α-hetero) is 1. The number of carbonyl (C=O) groups is 1. The van der Waals surface area contributed by atoms with E-state index in [1.807, 2.05) is 41.8 Å². The molecule has 2 aromatic carbocycles. The molecule has 0 spiro atoms. The Hall–Kier alpha value is -5.29. The molecule has 344 valence electrons. The van der Waals surface area contributed by atoms with Crippen LogP contribution >= 0.6 is 0 Å². The van der Waals surface area contributed by atoms with Crippen molar-refractivity contribution in [3.63, 3.8) is 0 Å². The summed E-state index contributed by atoms with van der Waals surface area (Å²) in [5.74, 6) is -0.929. The number of rotatable bonds is 14. The number of likely N-dealkylation sites (N-methyl/N-ethyl adjacent to an activating group) is 2. The van der Waals surface area contributed by atoms with Crippen molar-refractivity contribution in [2.45, 2.75) is 71.4 Å². The molecular weight excluding hydrogens is 869 g/mol. The van der Waals surface area contributed by atoms with E-state index < -0.39 is 32.7 Å². The van der Waals surface area contributed by atoms with E-state index in [1.165, 1.54) is 19.1 Å². The monoisotopic (exact) mass is 923 g/mol. The average molecular weight is 924 g/mol. The SMILES string of the molecule is C[C@@H]1CN(S(=O)(=O)N(Cc2ccc(-c3nnc(C(F)F)o3)cc2)c2cccnc2)C[C@H](C)N1C.C[C@@H]1CN(S(=O)(=O)N(Cc2ccc(C(=O)CN)cc2)c2cccnc2)C[C@H](C)N1C. The highest BCUT2D eigenvalue weighted by Crippen LogP contribution is 2.29. The lowest BCUT2D eigenvalue weighted by molar-refractivity contribution is 0.100. The zero-order valence-electron chi connectivity index (χ0n) is 36.6. The minimum Gasteiger partial charge on any atom is -0.415 e. The lowest BCUT2D eigenvalue weighted by atomic mass is 10.1. The van der Waals surface area contributed by atoms with Gasteiger partial charge in [0.1, 0.15) is 0 Å². The molecule has 5 aromatic rings. The van der Waals surface area contributed by atoms with Crippen LogP contribution in [0.2, 0.25) is 0 Å². The first-order chi connectivity index (χ1) is 30.4. The number of anilines is 2. The third-order valence-electron chi connectivity index (χ3n) is 11.7. The van der Waals surface area contributed by atoms with Crippen molar-refractivity contribution in [1.82, 2.24) is 38.6 Å². The number of carbonyl (C=O) groups excluding carboxylic acids is 1. The van der Waals surface area contributed by atoms with Crippen LogP contribution in [0.1, 0.15) is 61.5 Å². The van der Waals surface area contributed by atoms with Gasteiger partial charge in [0.15, 0.2) is 5.78 Å². The highest BCUT2D eigenvalue weighted by Gasteiger charge is 2.39. The normalized spacial score (nSPS) is 20.4. The van der Waals surface area contributed by atoms with Crippen LogP contribution < -0.4 is 14.3 Å². The molecule has 21 heteroatoms. The van der Waals surface area contributed by atoms with Gasteiger partial charge in [-0.05, 0) is 89.3 Å². The number of alkyl halides is 2. The van der Waals surface area contributed by atoms with Crippen molar-refractivity contribution < 1.29 is 34.8 Å². The third-order valence-corrected chi connectivity index (χ3v) is 15.4. The van der Waals surface area contributed by atoms with Crippen molar-refractivity contribution >= 4 is 37.6 Å². The van der Waals surface area contributed by atoms with E-state index in [2.05, 4.69) is 30.0 Å². The van der Waals surface area contributed by atoms with Gasteiger partial charge in [-0.15, -0.1) is 10.2 Å². The second-order valence-electron chi connectivity index (χ2n) is 16.1. The molecule has 5 heterocycles. The summed E-state index contributed by atoms with van der Waals surface area (Å²) in [5.41, 5.74) is 8.80. The van der Waals surface area contributed by atoms with Crippen molar-refractivity contribution in [2.24, 2.45) is 5.73 Å². The molecule has 3 aromatic heterocycles. The molecule has 2 fully saturated rings. The quantitative estimate of drug-likeness (QED) is 0.149. The van der Waals surface area contributed by atoms with Crippen molar-refractivity contribution in [1.29, 1.82) is 0 Å². The molecule has 2 N–H and O–H groups in total. The summed E-state index contributed by atoms with van der Waals surface area (Å²) in [6, 6.07) is 20.8. The lowest BCUT2D eigenvalue weighted by Gasteiger charge is -2.43. The fraction of sp³-hybridized carbons (Fsp3) is 0.419. The van der Waals surface area contributed by atoms with Crippen LogP contribution in [0.5, 0.6) is 0 Å². The smallest absolute Gasteiger partial charge is 0.314 e. The first kappa shape index (κ1) is 48.2. The minimum absolute atomic E-state index is 0.0287. The summed E-state index contributed by atoms with van der Waals surface area (Å²) in [5, 5.41) is 6.98. The van der Waals surface area contributed by atoms with Gasteiger partial charge in [-0.1, -0.05) is 36.4 Å². The lowest BCUT2D eigenvalue weighted by Crippen LogP contribution is -2.59. The molecule has 0 amide bonds. The molecule has 2 saturated heterocycles. The molecule has 4 atom stereocenters. The van der Waals surface area contributed by atoms with Gasteiger partial charge in [0.05, 0.1) is 43.4 Å². The molecule has 2 aliphatic heterocycles. The maximum Gasteiger partial charge on any atom is 0.314 e. The summed E-state index contributed by atoms with van der Waals surface area (Å²) in [4.78, 5) is 24.3. The largest absolute Gasteiger partial charge is 0.415 e. The number of nitrogens with two attached hydrogens (primary N) is 1. The van der Waals surface area contributed by atoms with Crippen LogP contribution in [0.25, 0.3) is 11.5 Å². The van der Waals surface area contributed by atoms with Gasteiger partial charge in [-0.25, -0.2) is 0 Å². The van der Waals surface area contributed by atoms with E-state index in [0.29, 0.717) is 54.2 Å². The van der Waals surface area contributed by atoms with Crippen molar-refractivity contribution in [3.05, 3.63) is 120 Å². The number of hydrogen-bond acceptors (Lipinski definition) is 13. The Balaban J connectivity index is 0.000000214. The second-order valence-corrected chi connectivity index (χ2v) is 19.8. The van der Waals surface area contributed by atoms with Gasteiger partial charge < -0.3 is 10.2 Å². The Morgan fingerprint density at radius 2 is 1.12 bits per heavy atom. The minimum atomic E-state index is -3.86. The summed E-state index contributed by atoms with van der Waals surface area (Å²) in [6.45, 7) is 9.80. The topological polar surface area (TPSA) is 196 Å². The Morgan fingerprint density at radius 3 is 1.48 bits per heavy atom. The van der Waals surface area contributed by atoms with Gasteiger partial charge in [0.25, 0.3) is 5.89 Å². The Labute approximate surface area is 373 Å². The van der Waals surface area contributed by atoms with Crippen LogP contribution in [-0.2, 0) is 33.5 Å². The molecule has 17 nitrogen and oxygen atoms in total. The molecule has 0 radical (unpaired) electrons. The molecule has 7 rings (SSSR count). The van der Waals surface area contributed by atoms with E-state index in [9.17, 15) is 30.4 Å². The second kappa shape index (κ2) is 20.7. The van der Waals surface area contributed by atoms with Crippen LogP contribution in [-0.4, -0.2) is 132 Å². The summed E-state index contributed by atoms with van der Waals surface area (Å²) in [7, 11) is -3.63. The maximum atomic E-state index is 13.7. The number of pyridine rings is 2. The summed E-state index contributed by atoms with van der Waals surface area (Å²) in [6.07, 6.45) is 3.41. The Morgan fingerprint density at radius 1 is 0.703 bits per heavy atom. The number of piperazine rings is 2. The Kier molecular flexibility index (Phi) is 15.6. The first-order valence-electron chi connectivity index (χ1n) is 20.7. The number of aromatic nitrogens is 4. The average Bonchev–Trinajstić information content (AvgIpc) is 3.80. The molecule has 0 aliphatic carbocycles. The molecule has 0 bridgehead atoms. The molecule has 0 unspecified atom stereocenters. The molecule has 2 aliphatic rings. The van der Waals surface area contributed by atoms with Gasteiger partial charge >= 0.3 is 26.8 Å². The summed E-state index contributed by atoms with van der Waals surface area (Å²) >= 11 is 0. The van der Waals surface area contributed by atoms with Crippen LogP contribution in [0.15, 0.2) is 102 Å². The predicted molar refractivity (Wildman–Crippen MR) is 240 cm³/mol. The third kappa shape index (κ3) is 11.1. The Bertz CT molecular complexity index is 2500. The van der Waals surface area contributed by atoms with E-state index in [0.717, 1.165) is 5.56 Å². The molecule has 64 heavy (non-hydrogen) atoms. The van der Waals surface area contributed by atoms with Crippen molar-refractivity contribution in [2.75, 3.05) is 55.4 Å². The molecular formula is C43H55F2N11O6S2. The van der Waals surface area contributed by atoms with Gasteiger partial charge in [0.2, 0.25) is 5.89 Å². The van der Waals surface area contributed by atoms with Crippen molar-refractivity contribution in [3.8, 4) is 11.5 Å². The van der Waals surface area contributed by atoms with E-state index in [-0.39, 0.29) is 55.5 Å². The standard InChI is InChI=1S/C22H26F2N6O3S.C21H29N5O3S/c1-15-12-29(13-16(2)28(15)3)34(31,32)30(19-5-4-10-25-11-19)14-17-6-8-18(9-7-17)21-26-27-22(33-21)20(23)24;1-16-13-25(14-17(2)24(16)3)30(28,29)26(20-5-4-10-23-12-20)15-18-6-8-19(9-7-18)21(27)11-22/h4-11,15-16,20H,12-14H2,1-3H3;4-10,12,16-17H,11,13-15,22H2,1-3H3/t15-,16+;16-,17+. The van der Waals surface area contributed by atoms with Crippen LogP contribution in [0.3, 0.4) is 0 Å². The highest BCUT2D eigenvalue weighted by atomic mass is 32.2. The summed E-state index contributed by atoms with van der Waals surface area (Å²) < 4.78 is 91.0. The number of ketones is 1. The number of benzene rings is 2. The fourth-order valence-electron chi connectivity index (χ4n) is 7.42. The predicted octanol–water partition coefficient (Wildman–Crippen LogP) is 4.84. The van der Waals surface area contributed by atoms with E-state index in [1.54, 1.807) is 95.7 Å². The fourth-order valence-corrected chi connectivity index (χ4v) is 11.0. The van der Waals surface area contributed by atoms with Gasteiger partial charge in [0, 0.05) is 73.9 Å². The van der Waals surface area contributed by atoms with Gasteiger partial charge in [-0.3, -0.25) is 33.2 Å². The highest BCUT2D eigenvalue weighted by molar-refractivity contribution is 7.90. The maximum absolute atomic E-state index is 13.7. The number of halogens is 2. The van der Waals surface area contributed by atoms with Crippen LogP contribution in [0, 0.1) is 0 Å². The number of nitrogens with zero attached hydrogens (tertiary/aromatic N) is 10. The van der Waals surface area contributed by atoms with Gasteiger partial charge in [-0.2, -0.15) is 34.2 Å².